The van der Waals surface area contributed by atoms with Crippen molar-refractivity contribution in [2.24, 2.45) is 5.92 Å². The van der Waals surface area contributed by atoms with Crippen molar-refractivity contribution in [1.29, 1.82) is 0 Å². The molecule has 0 spiro atoms. The Morgan fingerprint density at radius 1 is 1.33 bits per heavy atom. The minimum absolute atomic E-state index is 0.00421. The molecule has 0 aliphatic carbocycles. The lowest BCUT2D eigenvalue weighted by atomic mass is 9.97. The molecule has 5 nitrogen and oxygen atoms in total. The van der Waals surface area contributed by atoms with E-state index in [4.69, 9.17) is 0 Å². The van der Waals surface area contributed by atoms with Gasteiger partial charge in [-0.05, 0) is 50.9 Å². The molecule has 1 fully saturated rings. The van der Waals surface area contributed by atoms with Crippen LogP contribution in [0.1, 0.15) is 30.1 Å². The molecule has 0 radical (unpaired) electrons. The van der Waals surface area contributed by atoms with Crippen molar-refractivity contribution < 1.29 is 4.79 Å². The summed E-state index contributed by atoms with van der Waals surface area (Å²) in [4.78, 5) is 20.2. The number of hydrogen-bond donors (Lipinski definition) is 1. The maximum absolute atomic E-state index is 11.9. The molecule has 0 unspecified atom stereocenters. The molecule has 2 rings (SSSR count). The first-order valence-electron chi connectivity index (χ1n) is 7.75. The lowest BCUT2D eigenvalue weighted by molar-refractivity contribution is 0.0827. The number of pyridine rings is 1. The molecule has 1 saturated heterocycles. The maximum atomic E-state index is 11.9. The minimum Gasteiger partial charge on any atom is -0.357 e. The first-order valence-corrected chi connectivity index (χ1v) is 7.75. The van der Waals surface area contributed by atoms with Crippen molar-refractivity contribution in [3.8, 4) is 0 Å². The normalized spacial score (nSPS) is 15.8. The Morgan fingerprint density at radius 3 is 2.57 bits per heavy atom. The summed E-state index contributed by atoms with van der Waals surface area (Å²) in [5.41, 5.74) is 0.640. The van der Waals surface area contributed by atoms with Gasteiger partial charge in [-0.15, -0.1) is 0 Å². The van der Waals surface area contributed by atoms with E-state index in [9.17, 15) is 4.79 Å². The third-order valence-corrected chi connectivity index (χ3v) is 4.04. The Labute approximate surface area is 127 Å². The zero-order chi connectivity index (χ0) is 15.2. The van der Waals surface area contributed by atoms with Gasteiger partial charge in [0, 0.05) is 33.4 Å². The number of anilines is 1. The second-order valence-electron chi connectivity index (χ2n) is 5.84. The van der Waals surface area contributed by atoms with Gasteiger partial charge in [0.05, 0.1) is 5.56 Å². The molecule has 2 heterocycles. The van der Waals surface area contributed by atoms with Crippen LogP contribution >= 0.6 is 0 Å². The fourth-order valence-corrected chi connectivity index (χ4v) is 2.72. The largest absolute Gasteiger partial charge is 0.357 e. The lowest BCUT2D eigenvalue weighted by Crippen LogP contribution is -2.36. The van der Waals surface area contributed by atoms with Crippen LogP contribution in [0.25, 0.3) is 0 Å². The first-order chi connectivity index (χ1) is 10.1. The number of nitrogens with one attached hydrogen (secondary N) is 1. The Hall–Kier alpha value is -1.62. The highest BCUT2D eigenvalue weighted by atomic mass is 16.2. The van der Waals surface area contributed by atoms with Gasteiger partial charge >= 0.3 is 0 Å². The van der Waals surface area contributed by atoms with E-state index >= 15 is 0 Å². The van der Waals surface area contributed by atoms with Crippen molar-refractivity contribution >= 4 is 11.7 Å². The quantitative estimate of drug-likeness (QED) is 0.895. The van der Waals surface area contributed by atoms with Gasteiger partial charge in [0.25, 0.3) is 5.91 Å². The molecule has 1 aromatic heterocycles. The van der Waals surface area contributed by atoms with E-state index in [1.807, 2.05) is 12.1 Å². The molecular formula is C16H26N4O. The highest BCUT2D eigenvalue weighted by molar-refractivity contribution is 5.93. The molecule has 21 heavy (non-hydrogen) atoms. The second kappa shape index (κ2) is 7.41. The molecular weight excluding hydrogens is 264 g/mol. The Kier molecular flexibility index (Phi) is 5.56. The SMILES string of the molecule is CCN(CC1CCNCC1)c1ccc(C(=O)N(C)C)cn1. The molecule has 0 bridgehead atoms. The maximum Gasteiger partial charge on any atom is 0.254 e. The van der Waals surface area contributed by atoms with Crippen LogP contribution in [0.5, 0.6) is 0 Å². The summed E-state index contributed by atoms with van der Waals surface area (Å²) in [7, 11) is 3.51. The number of hydrogen-bond acceptors (Lipinski definition) is 4. The molecule has 0 atom stereocenters. The van der Waals surface area contributed by atoms with E-state index in [0.29, 0.717) is 5.56 Å². The van der Waals surface area contributed by atoms with Crippen LogP contribution in [0.3, 0.4) is 0 Å². The summed E-state index contributed by atoms with van der Waals surface area (Å²) < 4.78 is 0. The Morgan fingerprint density at radius 2 is 2.05 bits per heavy atom. The molecule has 0 aromatic carbocycles. The van der Waals surface area contributed by atoms with Gasteiger partial charge in [0.1, 0.15) is 5.82 Å². The van der Waals surface area contributed by atoms with E-state index in [1.165, 1.54) is 12.8 Å². The van der Waals surface area contributed by atoms with E-state index in [0.717, 1.165) is 37.9 Å². The van der Waals surface area contributed by atoms with Gasteiger partial charge in [-0.3, -0.25) is 4.79 Å². The molecule has 1 aliphatic rings. The van der Waals surface area contributed by atoms with Gasteiger partial charge in [0.2, 0.25) is 0 Å². The van der Waals surface area contributed by atoms with Crippen molar-refractivity contribution in [2.45, 2.75) is 19.8 Å². The van der Waals surface area contributed by atoms with Crippen molar-refractivity contribution in [1.82, 2.24) is 15.2 Å². The number of aromatic nitrogens is 1. The van der Waals surface area contributed by atoms with Crippen LogP contribution < -0.4 is 10.2 Å². The summed E-state index contributed by atoms with van der Waals surface area (Å²) in [6.45, 7) is 6.38. The number of amides is 1. The predicted molar refractivity (Wildman–Crippen MR) is 85.7 cm³/mol. The van der Waals surface area contributed by atoms with Crippen LogP contribution in [-0.4, -0.2) is 56.1 Å². The Bertz CT molecular complexity index is 452. The fraction of sp³-hybridized carbons (Fsp3) is 0.625. The van der Waals surface area contributed by atoms with E-state index < -0.39 is 0 Å². The summed E-state index contributed by atoms with van der Waals surface area (Å²) in [5.74, 6) is 1.69. The third-order valence-electron chi connectivity index (χ3n) is 4.04. The average Bonchev–Trinajstić information content (AvgIpc) is 2.53. The van der Waals surface area contributed by atoms with E-state index in [2.05, 4.69) is 22.1 Å². The minimum atomic E-state index is -0.00421. The van der Waals surface area contributed by atoms with Gasteiger partial charge in [-0.1, -0.05) is 0 Å². The van der Waals surface area contributed by atoms with Crippen LogP contribution in [-0.2, 0) is 0 Å². The molecule has 1 aliphatic heterocycles. The van der Waals surface area contributed by atoms with Gasteiger partial charge in [-0.25, -0.2) is 4.98 Å². The topological polar surface area (TPSA) is 48.5 Å². The van der Waals surface area contributed by atoms with Crippen LogP contribution in [0, 0.1) is 5.92 Å². The van der Waals surface area contributed by atoms with Crippen molar-refractivity contribution in [2.75, 3.05) is 45.2 Å². The van der Waals surface area contributed by atoms with Crippen LogP contribution in [0.15, 0.2) is 18.3 Å². The van der Waals surface area contributed by atoms with Crippen molar-refractivity contribution in [3.63, 3.8) is 0 Å². The van der Waals surface area contributed by atoms with Crippen LogP contribution in [0.2, 0.25) is 0 Å². The molecule has 116 valence electrons. The number of carbonyl (C=O) groups is 1. The zero-order valence-electron chi connectivity index (χ0n) is 13.3. The zero-order valence-corrected chi connectivity index (χ0v) is 13.3. The number of carbonyl (C=O) groups excluding carboxylic acids is 1. The fourth-order valence-electron chi connectivity index (χ4n) is 2.72. The number of rotatable bonds is 5. The summed E-state index contributed by atoms with van der Waals surface area (Å²) >= 11 is 0. The van der Waals surface area contributed by atoms with Gasteiger partial charge in [0.15, 0.2) is 0 Å². The molecule has 1 N–H and O–H groups in total. The lowest BCUT2D eigenvalue weighted by Gasteiger charge is -2.30. The van der Waals surface area contributed by atoms with Crippen LogP contribution in [0.4, 0.5) is 5.82 Å². The number of piperidine rings is 1. The van der Waals surface area contributed by atoms with Crippen molar-refractivity contribution in [3.05, 3.63) is 23.9 Å². The molecule has 5 heteroatoms. The smallest absolute Gasteiger partial charge is 0.254 e. The summed E-state index contributed by atoms with van der Waals surface area (Å²) in [6.07, 6.45) is 4.14. The molecule has 1 amide bonds. The average molecular weight is 290 g/mol. The third kappa shape index (κ3) is 4.17. The summed E-state index contributed by atoms with van der Waals surface area (Å²) in [5, 5.41) is 3.40. The van der Waals surface area contributed by atoms with Gasteiger partial charge < -0.3 is 15.1 Å². The number of nitrogens with zero attached hydrogens (tertiary/aromatic N) is 3. The van der Waals surface area contributed by atoms with E-state index in [-0.39, 0.29) is 5.91 Å². The Balaban J connectivity index is 2.02. The molecule has 1 aromatic rings. The van der Waals surface area contributed by atoms with Gasteiger partial charge in [-0.2, -0.15) is 0 Å². The van der Waals surface area contributed by atoms with E-state index in [1.54, 1.807) is 25.2 Å². The highest BCUT2D eigenvalue weighted by Crippen LogP contribution is 2.18. The highest BCUT2D eigenvalue weighted by Gasteiger charge is 2.17. The monoisotopic (exact) mass is 290 g/mol. The first kappa shape index (κ1) is 15.8. The predicted octanol–water partition coefficient (Wildman–Crippen LogP) is 1.61. The molecule has 0 saturated carbocycles. The summed E-state index contributed by atoms with van der Waals surface area (Å²) in [6, 6.07) is 3.83. The second-order valence-corrected chi connectivity index (χ2v) is 5.84. The standard InChI is InChI=1S/C16H26N4O/c1-4-20(12-13-7-9-17-10-8-13)15-6-5-14(11-18-15)16(21)19(2)3/h5-6,11,13,17H,4,7-10,12H2,1-3H3.